The summed E-state index contributed by atoms with van der Waals surface area (Å²) < 4.78 is 45.2. The Morgan fingerprint density at radius 3 is 2.68 bits per heavy atom. The molecule has 31 heavy (non-hydrogen) atoms. The minimum atomic E-state index is -3.75. The SMILES string of the molecule is CCOCCOCCn1ccnc1C1CCN(S(=O)(=O)c2ccsc2C(=O)OC)CC1. The normalized spacial score (nSPS) is 15.9. The third-order valence-corrected chi connectivity index (χ3v) is 8.20. The van der Waals surface area contributed by atoms with Crippen molar-refractivity contribution < 1.29 is 27.4 Å². The van der Waals surface area contributed by atoms with Gasteiger partial charge >= 0.3 is 5.97 Å². The molecular weight excluding hydrogens is 442 g/mol. The standard InChI is InChI=1S/C20H29N3O6S2/c1-3-28-13-14-29-12-11-22-10-7-21-19(22)16-4-8-23(9-5-16)31(25,26)17-6-15-30-18(17)20(24)27-2/h6-7,10,15-16H,3-5,8-9,11-14H2,1-2H3. The van der Waals surface area contributed by atoms with Crippen LogP contribution in [0.25, 0.3) is 0 Å². The number of hydrogen-bond acceptors (Lipinski definition) is 8. The highest BCUT2D eigenvalue weighted by Gasteiger charge is 2.34. The maximum atomic E-state index is 13.1. The number of carbonyl (C=O) groups is 1. The molecule has 3 heterocycles. The molecule has 0 radical (unpaired) electrons. The van der Waals surface area contributed by atoms with Gasteiger partial charge in [-0.05, 0) is 31.2 Å². The molecule has 0 atom stereocenters. The second kappa shape index (κ2) is 11.2. The van der Waals surface area contributed by atoms with Crippen LogP contribution in [-0.4, -0.2) is 74.9 Å². The topological polar surface area (TPSA) is 100.0 Å². The predicted molar refractivity (Wildman–Crippen MR) is 116 cm³/mol. The molecule has 0 saturated carbocycles. The van der Waals surface area contributed by atoms with E-state index in [4.69, 9.17) is 14.2 Å². The van der Waals surface area contributed by atoms with Crippen molar-refractivity contribution in [1.29, 1.82) is 0 Å². The molecule has 172 valence electrons. The lowest BCUT2D eigenvalue weighted by Gasteiger charge is -2.31. The number of carbonyl (C=O) groups excluding carboxylic acids is 1. The number of sulfonamides is 1. The molecule has 0 N–H and O–H groups in total. The summed E-state index contributed by atoms with van der Waals surface area (Å²) in [4.78, 5) is 16.6. The smallest absolute Gasteiger partial charge is 0.349 e. The summed E-state index contributed by atoms with van der Waals surface area (Å²) >= 11 is 1.07. The van der Waals surface area contributed by atoms with E-state index in [0.717, 1.165) is 17.2 Å². The zero-order valence-electron chi connectivity index (χ0n) is 17.9. The molecule has 1 fully saturated rings. The van der Waals surface area contributed by atoms with Crippen molar-refractivity contribution >= 4 is 27.3 Å². The molecule has 0 aliphatic carbocycles. The van der Waals surface area contributed by atoms with Gasteiger partial charge in [-0.1, -0.05) is 0 Å². The number of ether oxygens (including phenoxy) is 3. The lowest BCUT2D eigenvalue weighted by molar-refractivity contribution is 0.0493. The molecule has 9 nitrogen and oxygen atoms in total. The van der Waals surface area contributed by atoms with Crippen molar-refractivity contribution in [3.8, 4) is 0 Å². The lowest BCUT2D eigenvalue weighted by Crippen LogP contribution is -2.38. The van der Waals surface area contributed by atoms with Gasteiger partial charge in [0.2, 0.25) is 10.0 Å². The largest absolute Gasteiger partial charge is 0.465 e. The van der Waals surface area contributed by atoms with E-state index >= 15 is 0 Å². The Morgan fingerprint density at radius 2 is 1.97 bits per heavy atom. The number of hydrogen-bond donors (Lipinski definition) is 0. The number of rotatable bonds is 11. The van der Waals surface area contributed by atoms with E-state index in [0.29, 0.717) is 58.9 Å². The summed E-state index contributed by atoms with van der Waals surface area (Å²) in [5.41, 5.74) is 0. The Bertz CT molecular complexity index is 948. The average Bonchev–Trinajstić information content (AvgIpc) is 3.46. The molecule has 0 aromatic carbocycles. The van der Waals surface area contributed by atoms with Gasteiger partial charge in [-0.25, -0.2) is 18.2 Å². The van der Waals surface area contributed by atoms with Gasteiger partial charge in [0.1, 0.15) is 15.6 Å². The Kier molecular flexibility index (Phi) is 8.61. The number of imidazole rings is 1. The third kappa shape index (κ3) is 5.72. The molecule has 1 aliphatic heterocycles. The number of esters is 1. The monoisotopic (exact) mass is 471 g/mol. The van der Waals surface area contributed by atoms with Crippen LogP contribution in [0.1, 0.15) is 41.2 Å². The first-order valence-corrected chi connectivity index (χ1v) is 12.6. The third-order valence-electron chi connectivity index (χ3n) is 5.24. The zero-order valence-corrected chi connectivity index (χ0v) is 19.5. The van der Waals surface area contributed by atoms with E-state index in [-0.39, 0.29) is 15.7 Å². The van der Waals surface area contributed by atoms with Crippen molar-refractivity contribution in [3.05, 3.63) is 34.5 Å². The van der Waals surface area contributed by atoms with Gasteiger partial charge in [-0.2, -0.15) is 4.31 Å². The maximum Gasteiger partial charge on any atom is 0.349 e. The summed E-state index contributed by atoms with van der Waals surface area (Å²) in [7, 11) is -2.50. The maximum absolute atomic E-state index is 13.1. The van der Waals surface area contributed by atoms with Crippen LogP contribution in [0, 0.1) is 0 Å². The molecule has 3 rings (SSSR count). The van der Waals surface area contributed by atoms with Crippen molar-refractivity contribution in [2.24, 2.45) is 0 Å². The molecule has 2 aromatic rings. The number of thiophene rings is 1. The summed E-state index contributed by atoms with van der Waals surface area (Å²) in [5, 5.41) is 1.60. The first-order chi connectivity index (χ1) is 15.0. The van der Waals surface area contributed by atoms with E-state index in [1.165, 1.54) is 17.5 Å². The van der Waals surface area contributed by atoms with E-state index in [2.05, 4.69) is 9.55 Å². The number of aromatic nitrogens is 2. The quantitative estimate of drug-likeness (QED) is 0.366. The van der Waals surface area contributed by atoms with E-state index in [9.17, 15) is 13.2 Å². The second-order valence-corrected chi connectivity index (χ2v) is 9.89. The highest BCUT2D eigenvalue weighted by Crippen LogP contribution is 2.32. The van der Waals surface area contributed by atoms with Gasteiger partial charge in [-0.3, -0.25) is 0 Å². The Balaban J connectivity index is 1.57. The first-order valence-electron chi connectivity index (χ1n) is 10.3. The summed E-state index contributed by atoms with van der Waals surface area (Å²) in [5.74, 6) is 0.498. The second-order valence-electron chi connectivity index (χ2n) is 7.07. The highest BCUT2D eigenvalue weighted by molar-refractivity contribution is 7.89. The van der Waals surface area contributed by atoms with Crippen molar-refractivity contribution in [2.75, 3.05) is 46.6 Å². The number of piperidine rings is 1. The molecule has 2 aromatic heterocycles. The fourth-order valence-corrected chi connectivity index (χ4v) is 6.41. The fourth-order valence-electron chi connectivity index (χ4n) is 3.63. The number of nitrogens with zero attached hydrogens (tertiary/aromatic N) is 3. The summed E-state index contributed by atoms with van der Waals surface area (Å²) in [6, 6.07) is 1.47. The Labute approximate surface area is 187 Å². The van der Waals surface area contributed by atoms with Gasteiger partial charge in [0, 0.05) is 44.6 Å². The van der Waals surface area contributed by atoms with Crippen LogP contribution in [0.5, 0.6) is 0 Å². The van der Waals surface area contributed by atoms with Gasteiger partial charge in [0.25, 0.3) is 0 Å². The van der Waals surface area contributed by atoms with E-state index in [1.54, 1.807) is 11.6 Å². The molecule has 1 saturated heterocycles. The van der Waals surface area contributed by atoms with Gasteiger partial charge in [-0.15, -0.1) is 11.3 Å². The molecule has 0 bridgehead atoms. The molecular formula is C20H29N3O6S2. The van der Waals surface area contributed by atoms with Crippen molar-refractivity contribution in [3.63, 3.8) is 0 Å². The van der Waals surface area contributed by atoms with Crippen LogP contribution in [0.2, 0.25) is 0 Å². The average molecular weight is 472 g/mol. The fraction of sp³-hybridized carbons (Fsp3) is 0.600. The minimum absolute atomic E-state index is 0.0218. The van der Waals surface area contributed by atoms with Gasteiger partial charge in [0.15, 0.2) is 0 Å². The van der Waals surface area contributed by atoms with E-state index in [1.807, 2.05) is 13.1 Å². The summed E-state index contributed by atoms with van der Waals surface area (Å²) in [6.45, 7) is 5.79. The van der Waals surface area contributed by atoms with Crippen LogP contribution in [0.4, 0.5) is 0 Å². The lowest BCUT2D eigenvalue weighted by atomic mass is 9.97. The zero-order chi connectivity index (χ0) is 22.3. The number of methoxy groups -OCH3 is 1. The minimum Gasteiger partial charge on any atom is -0.465 e. The van der Waals surface area contributed by atoms with Crippen LogP contribution in [0.3, 0.4) is 0 Å². The Hall–Kier alpha value is -1.79. The first kappa shape index (κ1) is 23.9. The molecule has 1 aliphatic rings. The van der Waals surface area contributed by atoms with Crippen molar-refractivity contribution in [1.82, 2.24) is 13.9 Å². The molecule has 11 heteroatoms. The van der Waals surface area contributed by atoms with Gasteiger partial charge in [0.05, 0.1) is 26.9 Å². The van der Waals surface area contributed by atoms with Crippen LogP contribution < -0.4 is 0 Å². The summed E-state index contributed by atoms with van der Waals surface area (Å²) in [6.07, 6.45) is 5.03. The highest BCUT2D eigenvalue weighted by atomic mass is 32.2. The van der Waals surface area contributed by atoms with Crippen LogP contribution in [0.15, 0.2) is 28.7 Å². The Morgan fingerprint density at radius 1 is 1.23 bits per heavy atom. The molecule has 0 amide bonds. The predicted octanol–water partition coefficient (Wildman–Crippen LogP) is 2.35. The van der Waals surface area contributed by atoms with Crippen molar-refractivity contribution in [2.45, 2.75) is 37.1 Å². The van der Waals surface area contributed by atoms with Gasteiger partial charge < -0.3 is 18.8 Å². The van der Waals surface area contributed by atoms with E-state index < -0.39 is 16.0 Å². The molecule has 0 unspecified atom stereocenters. The molecule has 0 spiro atoms. The van der Waals surface area contributed by atoms with Crippen LogP contribution >= 0.6 is 11.3 Å². The van der Waals surface area contributed by atoms with Crippen LogP contribution in [-0.2, 0) is 30.8 Å².